The first-order chi connectivity index (χ1) is 13.2. The van der Waals surface area contributed by atoms with Crippen LogP contribution in [0.3, 0.4) is 0 Å². The lowest BCUT2D eigenvalue weighted by Gasteiger charge is -2.34. The first kappa shape index (κ1) is 16.8. The van der Waals surface area contributed by atoms with Crippen LogP contribution in [0, 0.1) is 0 Å². The van der Waals surface area contributed by atoms with Gasteiger partial charge in [0.05, 0.1) is 18.8 Å². The average molecular weight is 370 g/mol. The van der Waals surface area contributed by atoms with Crippen molar-refractivity contribution in [2.75, 3.05) is 6.54 Å². The lowest BCUT2D eigenvalue weighted by Crippen LogP contribution is -2.46. The number of nitrogens with one attached hydrogen (secondary N) is 1. The van der Waals surface area contributed by atoms with Gasteiger partial charge in [-0.1, -0.05) is 12.8 Å². The maximum absolute atomic E-state index is 12.7. The summed E-state index contributed by atoms with van der Waals surface area (Å²) < 4.78 is 7.96. The maximum Gasteiger partial charge on any atom is 0.318 e. The number of amides is 2. The second-order valence-electron chi connectivity index (χ2n) is 8.02. The van der Waals surface area contributed by atoms with Crippen LogP contribution >= 0.6 is 0 Å². The van der Waals surface area contributed by atoms with Crippen molar-refractivity contribution in [2.45, 2.75) is 76.4 Å². The van der Waals surface area contributed by atoms with Gasteiger partial charge in [-0.2, -0.15) is 0 Å². The summed E-state index contributed by atoms with van der Waals surface area (Å²) in [5.74, 6) is 4.54. The van der Waals surface area contributed by atoms with E-state index in [4.69, 9.17) is 4.42 Å². The number of rotatable bonds is 4. The van der Waals surface area contributed by atoms with Gasteiger partial charge in [0.15, 0.2) is 11.7 Å². The minimum absolute atomic E-state index is 0.0850. The Hall–Kier alpha value is -2.38. The molecule has 144 valence electrons. The molecular weight excluding hydrogens is 344 g/mol. The van der Waals surface area contributed by atoms with Gasteiger partial charge in [-0.05, 0) is 32.6 Å². The van der Waals surface area contributed by atoms with E-state index in [9.17, 15) is 4.79 Å². The number of hydrogen-bond donors (Lipinski definition) is 1. The van der Waals surface area contributed by atoms with Crippen LogP contribution < -0.4 is 5.32 Å². The smallest absolute Gasteiger partial charge is 0.318 e. The Balaban J connectivity index is 1.23. The van der Waals surface area contributed by atoms with E-state index >= 15 is 0 Å². The molecule has 3 aliphatic rings. The van der Waals surface area contributed by atoms with Gasteiger partial charge in [0, 0.05) is 24.9 Å². The Morgan fingerprint density at radius 2 is 1.93 bits per heavy atom. The second kappa shape index (κ2) is 6.65. The van der Waals surface area contributed by atoms with Crippen molar-refractivity contribution < 1.29 is 9.21 Å². The SMILES string of the molecule is C[C@H]1c2nnc(C3CCCC3)n2CCN1C(=O)NCc1cnc(C2CC2)o1. The number of oxazole rings is 1. The van der Waals surface area contributed by atoms with Gasteiger partial charge in [0.25, 0.3) is 0 Å². The van der Waals surface area contributed by atoms with E-state index in [-0.39, 0.29) is 12.1 Å². The molecule has 0 saturated heterocycles. The van der Waals surface area contributed by atoms with Gasteiger partial charge >= 0.3 is 6.03 Å². The molecular formula is C19H26N6O2. The van der Waals surface area contributed by atoms with Crippen LogP contribution in [0.2, 0.25) is 0 Å². The molecule has 2 aromatic rings. The summed E-state index contributed by atoms with van der Waals surface area (Å²) in [6.07, 6.45) is 9.00. The van der Waals surface area contributed by atoms with Crippen LogP contribution in [-0.4, -0.2) is 37.2 Å². The largest absolute Gasteiger partial charge is 0.444 e. The molecule has 27 heavy (non-hydrogen) atoms. The summed E-state index contributed by atoms with van der Waals surface area (Å²) in [7, 11) is 0. The lowest BCUT2D eigenvalue weighted by atomic mass is 10.1. The van der Waals surface area contributed by atoms with E-state index in [1.54, 1.807) is 6.20 Å². The number of aromatic nitrogens is 4. The number of fused-ring (bicyclic) bond motifs is 1. The van der Waals surface area contributed by atoms with Crippen LogP contribution in [-0.2, 0) is 13.1 Å². The molecule has 2 aliphatic carbocycles. The van der Waals surface area contributed by atoms with Gasteiger partial charge in [0.1, 0.15) is 11.6 Å². The fourth-order valence-corrected chi connectivity index (χ4v) is 4.36. The Labute approximate surface area is 158 Å². The van der Waals surface area contributed by atoms with Gasteiger partial charge < -0.3 is 19.2 Å². The number of carbonyl (C=O) groups excluding carboxylic acids is 1. The summed E-state index contributed by atoms with van der Waals surface area (Å²) in [4.78, 5) is 18.8. The number of urea groups is 1. The Morgan fingerprint density at radius 1 is 1.15 bits per heavy atom. The Kier molecular flexibility index (Phi) is 4.13. The van der Waals surface area contributed by atoms with Crippen LogP contribution in [0.15, 0.2) is 10.6 Å². The van der Waals surface area contributed by atoms with Crippen molar-refractivity contribution in [1.29, 1.82) is 0 Å². The van der Waals surface area contributed by atoms with Crippen molar-refractivity contribution in [3.8, 4) is 0 Å². The minimum Gasteiger partial charge on any atom is -0.444 e. The predicted octanol–water partition coefficient (Wildman–Crippen LogP) is 3.09. The zero-order valence-corrected chi connectivity index (χ0v) is 15.7. The third-order valence-electron chi connectivity index (χ3n) is 6.11. The Morgan fingerprint density at radius 3 is 2.70 bits per heavy atom. The third kappa shape index (κ3) is 3.11. The highest BCUT2D eigenvalue weighted by atomic mass is 16.4. The highest BCUT2D eigenvalue weighted by Gasteiger charge is 2.34. The van der Waals surface area contributed by atoms with E-state index < -0.39 is 0 Å². The standard InChI is InChI=1S/C19H26N6O2/c1-12-16-22-23-17(13-4-2-3-5-13)25(16)9-8-24(12)19(26)21-11-15-10-20-18(27-15)14-6-7-14/h10,12-14H,2-9,11H2,1H3,(H,21,26)/t12-/m0/s1. The van der Waals surface area contributed by atoms with Crippen LogP contribution in [0.4, 0.5) is 4.79 Å². The number of nitrogens with zero attached hydrogens (tertiary/aromatic N) is 5. The first-order valence-electron chi connectivity index (χ1n) is 10.1. The van der Waals surface area contributed by atoms with Crippen LogP contribution in [0.25, 0.3) is 0 Å². The monoisotopic (exact) mass is 370 g/mol. The molecule has 1 atom stereocenters. The molecule has 0 bridgehead atoms. The highest BCUT2D eigenvalue weighted by molar-refractivity contribution is 5.74. The second-order valence-corrected chi connectivity index (χ2v) is 8.02. The van der Waals surface area contributed by atoms with E-state index in [1.165, 1.54) is 25.7 Å². The fraction of sp³-hybridized carbons (Fsp3) is 0.684. The zero-order chi connectivity index (χ0) is 18.4. The van der Waals surface area contributed by atoms with E-state index in [2.05, 4.69) is 25.1 Å². The molecule has 2 fully saturated rings. The topological polar surface area (TPSA) is 89.1 Å². The molecule has 8 nitrogen and oxygen atoms in total. The van der Waals surface area contributed by atoms with E-state index in [0.29, 0.717) is 30.7 Å². The van der Waals surface area contributed by atoms with E-state index in [1.807, 2.05) is 11.8 Å². The summed E-state index contributed by atoms with van der Waals surface area (Å²) in [6, 6.07) is -0.179. The maximum atomic E-state index is 12.7. The summed E-state index contributed by atoms with van der Waals surface area (Å²) in [5.41, 5.74) is 0. The molecule has 8 heteroatoms. The molecule has 2 aromatic heterocycles. The van der Waals surface area contributed by atoms with Crippen molar-refractivity contribution in [1.82, 2.24) is 30.0 Å². The van der Waals surface area contributed by atoms with Crippen molar-refractivity contribution in [2.24, 2.45) is 0 Å². The van der Waals surface area contributed by atoms with E-state index in [0.717, 1.165) is 36.9 Å². The quantitative estimate of drug-likeness (QED) is 0.893. The average Bonchev–Trinajstić information content (AvgIpc) is 3.09. The number of hydrogen-bond acceptors (Lipinski definition) is 5. The Bertz CT molecular complexity index is 833. The normalized spacial score (nSPS) is 22.9. The highest BCUT2D eigenvalue weighted by Crippen LogP contribution is 2.39. The van der Waals surface area contributed by atoms with Gasteiger partial charge in [-0.25, -0.2) is 9.78 Å². The molecule has 1 N–H and O–H groups in total. The molecule has 0 aromatic carbocycles. The molecule has 5 rings (SSSR count). The van der Waals surface area contributed by atoms with Crippen molar-refractivity contribution in [3.05, 3.63) is 29.5 Å². The predicted molar refractivity (Wildman–Crippen MR) is 97.1 cm³/mol. The molecule has 1 aliphatic heterocycles. The van der Waals surface area contributed by atoms with Gasteiger partial charge in [-0.15, -0.1) is 10.2 Å². The molecule has 2 saturated carbocycles. The summed E-state index contributed by atoms with van der Waals surface area (Å²) >= 11 is 0. The van der Waals surface area contributed by atoms with Crippen molar-refractivity contribution >= 4 is 6.03 Å². The van der Waals surface area contributed by atoms with Crippen molar-refractivity contribution in [3.63, 3.8) is 0 Å². The third-order valence-corrected chi connectivity index (χ3v) is 6.11. The zero-order valence-electron chi connectivity index (χ0n) is 15.7. The summed E-state index contributed by atoms with van der Waals surface area (Å²) in [5, 5.41) is 11.9. The molecule has 0 unspecified atom stereocenters. The van der Waals surface area contributed by atoms with Crippen LogP contribution in [0.1, 0.15) is 86.6 Å². The molecule has 3 heterocycles. The van der Waals surface area contributed by atoms with Gasteiger partial charge in [-0.3, -0.25) is 0 Å². The minimum atomic E-state index is -0.0939. The van der Waals surface area contributed by atoms with Crippen LogP contribution in [0.5, 0.6) is 0 Å². The lowest BCUT2D eigenvalue weighted by molar-refractivity contribution is 0.158. The fourth-order valence-electron chi connectivity index (χ4n) is 4.36. The molecule has 0 spiro atoms. The van der Waals surface area contributed by atoms with Gasteiger partial charge in [0.2, 0.25) is 0 Å². The number of carbonyl (C=O) groups is 1. The molecule has 2 amide bonds. The summed E-state index contributed by atoms with van der Waals surface area (Å²) in [6.45, 7) is 3.82. The first-order valence-corrected chi connectivity index (χ1v) is 10.1. The molecule has 0 radical (unpaired) electrons.